The minimum atomic E-state index is -0.0140. The van der Waals surface area contributed by atoms with E-state index in [2.05, 4.69) is 38.6 Å². The Morgan fingerprint density at radius 1 is 1.06 bits per heavy atom. The monoisotopic (exact) mass is 244 g/mol. The lowest BCUT2D eigenvalue weighted by atomic mass is 9.75. The third-order valence-electron chi connectivity index (χ3n) is 3.87. The highest BCUT2D eigenvalue weighted by molar-refractivity contribution is 5.46. The highest BCUT2D eigenvalue weighted by atomic mass is 16.5. The Labute approximate surface area is 109 Å². The summed E-state index contributed by atoms with van der Waals surface area (Å²) in [6, 6.07) is 8.20. The number of benzene rings is 1. The highest BCUT2D eigenvalue weighted by Crippen LogP contribution is 2.50. The van der Waals surface area contributed by atoms with Gasteiger partial charge in [-0.25, -0.2) is 0 Å². The lowest BCUT2D eigenvalue weighted by Gasteiger charge is -2.28. The van der Waals surface area contributed by atoms with Crippen molar-refractivity contribution in [2.24, 2.45) is 5.41 Å². The van der Waals surface area contributed by atoms with Crippen LogP contribution in [-0.4, -0.2) is 14.2 Å². The average Bonchev–Trinajstić information content (AvgIpc) is 2.61. The smallest absolute Gasteiger partial charge is 0.118 e. The molecule has 0 saturated heterocycles. The Bertz CT molecular complexity index is 480. The number of allylic oxidation sites excluding steroid dienone is 2. The van der Waals surface area contributed by atoms with Gasteiger partial charge < -0.3 is 9.47 Å². The van der Waals surface area contributed by atoms with Gasteiger partial charge in [-0.05, 0) is 29.3 Å². The second-order valence-corrected chi connectivity index (χ2v) is 5.19. The largest absolute Gasteiger partial charge is 0.497 e. The van der Waals surface area contributed by atoms with Crippen molar-refractivity contribution in [3.63, 3.8) is 0 Å². The Morgan fingerprint density at radius 3 is 2.11 bits per heavy atom. The minimum absolute atomic E-state index is 0.0140. The van der Waals surface area contributed by atoms with Gasteiger partial charge in [-0.3, -0.25) is 0 Å². The first-order valence-electron chi connectivity index (χ1n) is 6.10. The molecule has 0 bridgehead atoms. The van der Waals surface area contributed by atoms with Crippen LogP contribution in [0.1, 0.15) is 25.3 Å². The number of ether oxygens (including phenoxy) is 2. The molecular formula is C16H20O2. The van der Waals surface area contributed by atoms with E-state index >= 15 is 0 Å². The number of methoxy groups -OCH3 is 2. The zero-order valence-electron chi connectivity index (χ0n) is 11.5. The number of hydrogen-bond acceptors (Lipinski definition) is 2. The molecule has 96 valence electrons. The van der Waals surface area contributed by atoms with Gasteiger partial charge >= 0.3 is 0 Å². The van der Waals surface area contributed by atoms with Gasteiger partial charge in [-0.15, -0.1) is 0 Å². The molecule has 0 radical (unpaired) electrons. The maximum absolute atomic E-state index is 5.39. The van der Waals surface area contributed by atoms with E-state index < -0.39 is 0 Å². The Hall–Kier alpha value is -1.70. The van der Waals surface area contributed by atoms with Crippen molar-refractivity contribution < 1.29 is 9.47 Å². The van der Waals surface area contributed by atoms with E-state index in [-0.39, 0.29) is 5.41 Å². The van der Waals surface area contributed by atoms with Gasteiger partial charge in [0.05, 0.1) is 14.2 Å². The molecule has 1 aromatic carbocycles. The summed E-state index contributed by atoms with van der Waals surface area (Å²) in [5, 5.41) is 0. The molecule has 0 aromatic heterocycles. The van der Waals surface area contributed by atoms with E-state index in [1.54, 1.807) is 14.2 Å². The summed E-state index contributed by atoms with van der Waals surface area (Å²) in [5.74, 6) is 2.08. The maximum atomic E-state index is 5.39. The quantitative estimate of drug-likeness (QED) is 0.802. The standard InChI is InChI=1S/C16H20O2/c1-11-15(18-5)10-14(16(11,2)3)12-6-8-13(17-4)9-7-12/h6-10,14H,1H2,2-5H3/t14-/m0/s1. The molecule has 0 fully saturated rings. The van der Waals surface area contributed by atoms with E-state index in [1.165, 1.54) is 5.56 Å². The van der Waals surface area contributed by atoms with Crippen LogP contribution in [0.15, 0.2) is 48.3 Å². The third kappa shape index (κ3) is 1.92. The summed E-state index contributed by atoms with van der Waals surface area (Å²) >= 11 is 0. The number of rotatable bonds is 3. The summed E-state index contributed by atoms with van der Waals surface area (Å²) in [4.78, 5) is 0. The molecule has 1 aliphatic rings. The van der Waals surface area contributed by atoms with Crippen molar-refractivity contribution in [3.8, 4) is 5.75 Å². The Morgan fingerprint density at radius 2 is 1.67 bits per heavy atom. The topological polar surface area (TPSA) is 18.5 Å². The molecule has 0 heterocycles. The highest BCUT2D eigenvalue weighted by Gasteiger charge is 2.39. The maximum Gasteiger partial charge on any atom is 0.118 e. The van der Waals surface area contributed by atoms with Gasteiger partial charge in [0, 0.05) is 11.3 Å². The molecule has 2 nitrogen and oxygen atoms in total. The van der Waals surface area contributed by atoms with Gasteiger partial charge in [-0.2, -0.15) is 0 Å². The summed E-state index contributed by atoms with van der Waals surface area (Å²) < 4.78 is 10.6. The molecular weight excluding hydrogens is 224 g/mol. The lowest BCUT2D eigenvalue weighted by Crippen LogP contribution is -2.18. The van der Waals surface area contributed by atoms with Crippen molar-refractivity contribution in [1.29, 1.82) is 0 Å². The van der Waals surface area contributed by atoms with Crippen LogP contribution < -0.4 is 4.74 Å². The fourth-order valence-electron chi connectivity index (χ4n) is 2.48. The molecule has 1 aliphatic carbocycles. The first-order chi connectivity index (χ1) is 8.50. The van der Waals surface area contributed by atoms with Crippen LogP contribution in [0.25, 0.3) is 0 Å². The molecule has 0 aliphatic heterocycles. The van der Waals surface area contributed by atoms with Crippen LogP contribution in [0, 0.1) is 5.41 Å². The Balaban J connectivity index is 2.37. The zero-order chi connectivity index (χ0) is 13.3. The third-order valence-corrected chi connectivity index (χ3v) is 3.87. The van der Waals surface area contributed by atoms with Gasteiger partial charge in [0.2, 0.25) is 0 Å². The van der Waals surface area contributed by atoms with E-state index in [4.69, 9.17) is 9.47 Å². The summed E-state index contributed by atoms with van der Waals surface area (Å²) in [6.07, 6.45) is 2.16. The predicted molar refractivity (Wildman–Crippen MR) is 73.7 cm³/mol. The van der Waals surface area contributed by atoms with Crippen LogP contribution in [0.3, 0.4) is 0 Å². The van der Waals surface area contributed by atoms with Crippen LogP contribution in [0.2, 0.25) is 0 Å². The van der Waals surface area contributed by atoms with Gasteiger partial charge in [0.1, 0.15) is 11.5 Å². The minimum Gasteiger partial charge on any atom is -0.497 e. The molecule has 18 heavy (non-hydrogen) atoms. The average molecular weight is 244 g/mol. The first-order valence-corrected chi connectivity index (χ1v) is 6.10. The van der Waals surface area contributed by atoms with Gasteiger partial charge in [0.15, 0.2) is 0 Å². The van der Waals surface area contributed by atoms with Gasteiger partial charge in [-0.1, -0.05) is 32.6 Å². The first kappa shape index (κ1) is 12.7. The molecule has 2 rings (SSSR count). The fraction of sp³-hybridized carbons (Fsp3) is 0.375. The van der Waals surface area contributed by atoms with Crippen LogP contribution in [-0.2, 0) is 4.74 Å². The SMILES string of the molecule is C=C1C(OC)=C[C@@H](c2ccc(OC)cc2)C1(C)C. The molecule has 1 atom stereocenters. The fourth-order valence-corrected chi connectivity index (χ4v) is 2.48. The summed E-state index contributed by atoms with van der Waals surface area (Å²) in [7, 11) is 3.38. The van der Waals surface area contributed by atoms with Crippen molar-refractivity contribution in [1.82, 2.24) is 0 Å². The molecule has 0 N–H and O–H groups in total. The van der Waals surface area contributed by atoms with Crippen LogP contribution in [0.5, 0.6) is 5.75 Å². The van der Waals surface area contributed by atoms with Crippen molar-refractivity contribution in [2.75, 3.05) is 14.2 Å². The second kappa shape index (κ2) is 4.52. The molecule has 0 amide bonds. The van der Waals surface area contributed by atoms with E-state index in [0.717, 1.165) is 17.1 Å². The molecule has 0 spiro atoms. The number of hydrogen-bond donors (Lipinski definition) is 0. The van der Waals surface area contributed by atoms with Crippen LogP contribution >= 0.6 is 0 Å². The summed E-state index contributed by atoms with van der Waals surface area (Å²) in [6.45, 7) is 8.55. The van der Waals surface area contributed by atoms with Crippen molar-refractivity contribution >= 4 is 0 Å². The molecule has 0 saturated carbocycles. The predicted octanol–water partition coefficient (Wildman–Crippen LogP) is 3.91. The van der Waals surface area contributed by atoms with Gasteiger partial charge in [0.25, 0.3) is 0 Å². The molecule has 1 aromatic rings. The van der Waals surface area contributed by atoms with Crippen LogP contribution in [0.4, 0.5) is 0 Å². The van der Waals surface area contributed by atoms with Crippen molar-refractivity contribution in [2.45, 2.75) is 19.8 Å². The zero-order valence-corrected chi connectivity index (χ0v) is 11.5. The van der Waals surface area contributed by atoms with E-state index in [1.807, 2.05) is 12.1 Å². The summed E-state index contributed by atoms with van der Waals surface area (Å²) in [5.41, 5.74) is 2.31. The lowest BCUT2D eigenvalue weighted by molar-refractivity contribution is 0.292. The molecule has 0 unspecified atom stereocenters. The van der Waals surface area contributed by atoms with Crippen molar-refractivity contribution in [3.05, 3.63) is 53.8 Å². The molecule has 2 heteroatoms. The second-order valence-electron chi connectivity index (χ2n) is 5.19. The van der Waals surface area contributed by atoms with E-state index in [9.17, 15) is 0 Å². The Kier molecular flexibility index (Phi) is 3.20. The van der Waals surface area contributed by atoms with E-state index in [0.29, 0.717) is 5.92 Å². The normalized spacial score (nSPS) is 21.7.